The molecule has 0 bridgehead atoms. The summed E-state index contributed by atoms with van der Waals surface area (Å²) in [6, 6.07) is 1.29. The van der Waals surface area contributed by atoms with Gasteiger partial charge in [0, 0.05) is 21.3 Å². The Kier molecular flexibility index (Phi) is 5.02. The maximum absolute atomic E-state index is 5.51. The van der Waals surface area contributed by atoms with Gasteiger partial charge in [0.05, 0.1) is 0 Å². The van der Waals surface area contributed by atoms with E-state index in [1.165, 1.54) is 6.04 Å². The monoisotopic (exact) mass is 174 g/mol. The zero-order chi connectivity index (χ0) is 8.91. The molecule has 0 saturated carbocycles. The van der Waals surface area contributed by atoms with Crippen molar-refractivity contribution in [2.24, 2.45) is 5.92 Å². The van der Waals surface area contributed by atoms with Crippen molar-refractivity contribution in [3.63, 3.8) is 0 Å². The Hall–Kier alpha value is 0.177. The van der Waals surface area contributed by atoms with Crippen molar-refractivity contribution in [2.75, 3.05) is 13.2 Å². The molecule has 0 aromatic carbocycles. The second-order valence-corrected chi connectivity index (χ2v) is 10.4. The highest BCUT2D eigenvalue weighted by Crippen LogP contribution is 2.07. The van der Waals surface area contributed by atoms with Crippen LogP contribution in [0.25, 0.3) is 0 Å². The van der Waals surface area contributed by atoms with Crippen LogP contribution in [0.4, 0.5) is 0 Å². The molecule has 11 heavy (non-hydrogen) atoms. The Morgan fingerprint density at radius 1 is 1.18 bits per heavy atom. The third-order valence-corrected chi connectivity index (χ3v) is 3.15. The first-order chi connectivity index (χ1) is 4.92. The van der Waals surface area contributed by atoms with Gasteiger partial charge in [0.25, 0.3) is 0 Å². The molecule has 0 radical (unpaired) electrons. The minimum absolute atomic E-state index is 0.677. The summed E-state index contributed by atoms with van der Waals surface area (Å²) in [6.07, 6.45) is 0. The summed E-state index contributed by atoms with van der Waals surface area (Å²) < 4.78 is 5.51. The van der Waals surface area contributed by atoms with Gasteiger partial charge in [-0.05, 0) is 12.0 Å². The molecule has 0 aliphatic rings. The van der Waals surface area contributed by atoms with Crippen LogP contribution in [0.3, 0.4) is 0 Å². The molecular weight excluding hydrogens is 152 g/mol. The van der Waals surface area contributed by atoms with Crippen molar-refractivity contribution in [2.45, 2.75) is 39.5 Å². The lowest BCUT2D eigenvalue weighted by Gasteiger charge is -2.15. The quantitative estimate of drug-likeness (QED) is 0.460. The highest BCUT2D eigenvalue weighted by molar-refractivity contribution is 6.76. The lowest BCUT2D eigenvalue weighted by atomic mass is 10.2. The fourth-order valence-corrected chi connectivity index (χ4v) is 1.45. The maximum Gasteiger partial charge on any atom is 0.0488 e. The van der Waals surface area contributed by atoms with Crippen molar-refractivity contribution in [1.82, 2.24) is 0 Å². The van der Waals surface area contributed by atoms with Crippen molar-refractivity contribution < 1.29 is 4.74 Å². The Labute approximate surface area is 72.2 Å². The Morgan fingerprint density at radius 3 is 2.09 bits per heavy atom. The number of hydrogen-bond acceptors (Lipinski definition) is 1. The molecule has 0 aliphatic carbocycles. The molecule has 68 valence electrons. The Bertz CT molecular complexity index is 94.2. The van der Waals surface area contributed by atoms with E-state index < -0.39 is 8.07 Å². The third kappa shape index (κ3) is 10.2. The van der Waals surface area contributed by atoms with Gasteiger partial charge in [0.2, 0.25) is 0 Å². The summed E-state index contributed by atoms with van der Waals surface area (Å²) in [6.45, 7) is 13.4. The first kappa shape index (κ1) is 11.2. The lowest BCUT2D eigenvalue weighted by Crippen LogP contribution is -2.22. The average Bonchev–Trinajstić information content (AvgIpc) is 1.78. The van der Waals surface area contributed by atoms with E-state index in [1.54, 1.807) is 0 Å². The van der Waals surface area contributed by atoms with E-state index in [4.69, 9.17) is 4.74 Å². The van der Waals surface area contributed by atoms with E-state index >= 15 is 0 Å². The first-order valence-electron chi connectivity index (χ1n) is 4.49. The highest BCUT2D eigenvalue weighted by atomic mass is 28.3. The van der Waals surface area contributed by atoms with Crippen LogP contribution in [0.5, 0.6) is 0 Å². The summed E-state index contributed by atoms with van der Waals surface area (Å²) in [5, 5.41) is 0. The van der Waals surface area contributed by atoms with E-state index in [-0.39, 0.29) is 0 Å². The molecular formula is C9H22OSi. The van der Waals surface area contributed by atoms with E-state index in [1.807, 2.05) is 0 Å². The standard InChI is InChI=1S/C9H22OSi/c1-9(2)8-10-6-7-11(3,4)5/h9H,6-8H2,1-5H3. The molecule has 0 unspecified atom stereocenters. The van der Waals surface area contributed by atoms with Gasteiger partial charge in [0.15, 0.2) is 0 Å². The van der Waals surface area contributed by atoms with E-state index in [0.29, 0.717) is 5.92 Å². The average molecular weight is 174 g/mol. The molecule has 0 aromatic rings. The molecule has 0 heterocycles. The van der Waals surface area contributed by atoms with Gasteiger partial charge < -0.3 is 4.74 Å². The van der Waals surface area contributed by atoms with Crippen LogP contribution in [0, 0.1) is 5.92 Å². The van der Waals surface area contributed by atoms with Gasteiger partial charge in [-0.15, -0.1) is 0 Å². The molecule has 0 atom stereocenters. The molecule has 0 amide bonds. The largest absolute Gasteiger partial charge is 0.381 e. The Balaban J connectivity index is 3.15. The summed E-state index contributed by atoms with van der Waals surface area (Å²) in [5.41, 5.74) is 0. The summed E-state index contributed by atoms with van der Waals surface area (Å²) >= 11 is 0. The van der Waals surface area contributed by atoms with Crippen LogP contribution in [0.2, 0.25) is 25.7 Å². The lowest BCUT2D eigenvalue weighted by molar-refractivity contribution is 0.121. The Morgan fingerprint density at radius 2 is 1.73 bits per heavy atom. The first-order valence-corrected chi connectivity index (χ1v) is 8.20. The molecule has 2 heteroatoms. The minimum Gasteiger partial charge on any atom is -0.381 e. The van der Waals surface area contributed by atoms with Gasteiger partial charge >= 0.3 is 0 Å². The second-order valence-electron chi connectivity index (χ2n) is 4.78. The van der Waals surface area contributed by atoms with Crippen LogP contribution in [-0.4, -0.2) is 21.3 Å². The molecule has 0 rings (SSSR count). The van der Waals surface area contributed by atoms with Crippen molar-refractivity contribution in [1.29, 1.82) is 0 Å². The molecule has 0 fully saturated rings. The maximum atomic E-state index is 5.51. The fraction of sp³-hybridized carbons (Fsp3) is 1.00. The van der Waals surface area contributed by atoms with Crippen molar-refractivity contribution in [3.8, 4) is 0 Å². The topological polar surface area (TPSA) is 9.23 Å². The predicted octanol–water partition coefficient (Wildman–Crippen LogP) is 3.00. The van der Waals surface area contributed by atoms with Crippen LogP contribution in [0.1, 0.15) is 13.8 Å². The van der Waals surface area contributed by atoms with Gasteiger partial charge in [-0.1, -0.05) is 33.5 Å². The molecule has 0 saturated heterocycles. The normalized spacial score (nSPS) is 12.5. The summed E-state index contributed by atoms with van der Waals surface area (Å²) in [4.78, 5) is 0. The van der Waals surface area contributed by atoms with Crippen molar-refractivity contribution >= 4 is 8.07 Å². The summed E-state index contributed by atoms with van der Waals surface area (Å²) in [7, 11) is -0.854. The minimum atomic E-state index is -0.854. The van der Waals surface area contributed by atoms with Crippen LogP contribution < -0.4 is 0 Å². The highest BCUT2D eigenvalue weighted by Gasteiger charge is 2.11. The number of ether oxygens (including phenoxy) is 1. The molecule has 1 nitrogen and oxygen atoms in total. The summed E-state index contributed by atoms with van der Waals surface area (Å²) in [5.74, 6) is 0.677. The van der Waals surface area contributed by atoms with Gasteiger partial charge in [-0.25, -0.2) is 0 Å². The van der Waals surface area contributed by atoms with E-state index in [9.17, 15) is 0 Å². The van der Waals surface area contributed by atoms with Crippen LogP contribution in [0.15, 0.2) is 0 Å². The van der Waals surface area contributed by atoms with Crippen LogP contribution >= 0.6 is 0 Å². The molecule has 0 N–H and O–H groups in total. The second kappa shape index (κ2) is 4.94. The third-order valence-electron chi connectivity index (χ3n) is 1.45. The predicted molar refractivity (Wildman–Crippen MR) is 53.8 cm³/mol. The van der Waals surface area contributed by atoms with Crippen LogP contribution in [-0.2, 0) is 4.74 Å². The smallest absolute Gasteiger partial charge is 0.0488 e. The van der Waals surface area contributed by atoms with Gasteiger partial charge in [0.1, 0.15) is 0 Å². The molecule has 0 spiro atoms. The van der Waals surface area contributed by atoms with E-state index in [2.05, 4.69) is 33.5 Å². The van der Waals surface area contributed by atoms with Gasteiger partial charge in [-0.3, -0.25) is 0 Å². The fourth-order valence-electron chi connectivity index (χ4n) is 0.697. The van der Waals surface area contributed by atoms with E-state index in [0.717, 1.165) is 13.2 Å². The number of hydrogen-bond donors (Lipinski definition) is 0. The van der Waals surface area contributed by atoms with Gasteiger partial charge in [-0.2, -0.15) is 0 Å². The number of rotatable bonds is 5. The zero-order valence-corrected chi connectivity index (χ0v) is 9.61. The molecule has 0 aromatic heterocycles. The molecule has 0 aliphatic heterocycles. The SMILES string of the molecule is CC(C)COCC[Si](C)(C)C. The van der Waals surface area contributed by atoms with Crippen molar-refractivity contribution in [3.05, 3.63) is 0 Å². The zero-order valence-electron chi connectivity index (χ0n) is 8.61.